The molecule has 0 saturated heterocycles. The van der Waals surface area contributed by atoms with Crippen LogP contribution in [0.25, 0.3) is 11.3 Å². The molecule has 10 heteroatoms. The number of anilines is 1. The molecule has 0 saturated carbocycles. The molecule has 5 nitrogen and oxygen atoms in total. The van der Waals surface area contributed by atoms with Gasteiger partial charge in [-0.25, -0.2) is 0 Å². The highest BCUT2D eigenvalue weighted by Crippen LogP contribution is 2.32. The number of alkyl halides is 3. The van der Waals surface area contributed by atoms with Crippen LogP contribution in [0, 0.1) is 0 Å². The molecule has 0 radical (unpaired) electrons. The van der Waals surface area contributed by atoms with E-state index >= 15 is 0 Å². The minimum absolute atomic E-state index is 0.101. The second-order valence-corrected chi connectivity index (χ2v) is 6.63. The molecule has 0 aliphatic rings. The first-order chi connectivity index (χ1) is 13.7. The Morgan fingerprint density at radius 2 is 1.76 bits per heavy atom. The van der Waals surface area contributed by atoms with E-state index in [1.54, 1.807) is 24.3 Å². The van der Waals surface area contributed by atoms with Crippen molar-refractivity contribution in [3.05, 3.63) is 77.0 Å². The minimum Gasteiger partial charge on any atom is -0.451 e. The molecular formula is C19H13ClF3N3O2S. The van der Waals surface area contributed by atoms with Crippen LogP contribution in [0.1, 0.15) is 16.1 Å². The number of halogens is 4. The van der Waals surface area contributed by atoms with Crippen molar-refractivity contribution in [3.63, 3.8) is 0 Å². The number of hydrazine groups is 1. The molecule has 0 bridgehead atoms. The van der Waals surface area contributed by atoms with Gasteiger partial charge in [0, 0.05) is 16.3 Å². The molecule has 3 N–H and O–H groups in total. The maximum atomic E-state index is 12.8. The zero-order valence-corrected chi connectivity index (χ0v) is 16.1. The summed E-state index contributed by atoms with van der Waals surface area (Å²) in [5.41, 5.74) is 4.84. The van der Waals surface area contributed by atoms with Gasteiger partial charge in [0.25, 0.3) is 0 Å². The first-order valence-corrected chi connectivity index (χ1v) is 8.91. The van der Waals surface area contributed by atoms with Crippen molar-refractivity contribution in [2.45, 2.75) is 6.18 Å². The van der Waals surface area contributed by atoms with Gasteiger partial charge in [-0.1, -0.05) is 29.8 Å². The fourth-order valence-corrected chi connectivity index (χ4v) is 2.73. The number of hydrogen-bond acceptors (Lipinski definition) is 3. The number of rotatable bonds is 3. The van der Waals surface area contributed by atoms with Gasteiger partial charge in [0.05, 0.1) is 5.56 Å². The maximum Gasteiger partial charge on any atom is 0.416 e. The molecule has 29 heavy (non-hydrogen) atoms. The summed E-state index contributed by atoms with van der Waals surface area (Å²) in [4.78, 5) is 12.2. The van der Waals surface area contributed by atoms with Crippen LogP contribution in [0.15, 0.2) is 65.1 Å². The SMILES string of the molecule is O=C(NNC(=S)Nc1cccc(Cl)c1)c1ccc(-c2cccc(C(F)(F)F)c2)o1. The predicted octanol–water partition coefficient (Wildman–Crippen LogP) is 5.25. The van der Waals surface area contributed by atoms with Crippen molar-refractivity contribution in [2.24, 2.45) is 0 Å². The van der Waals surface area contributed by atoms with Crippen molar-refractivity contribution in [3.8, 4) is 11.3 Å². The number of furan rings is 1. The maximum absolute atomic E-state index is 12.8. The third-order valence-electron chi connectivity index (χ3n) is 3.68. The molecule has 0 atom stereocenters. The van der Waals surface area contributed by atoms with Crippen LogP contribution in [0.5, 0.6) is 0 Å². The molecular weight excluding hydrogens is 427 g/mol. The molecule has 3 rings (SSSR count). The van der Waals surface area contributed by atoms with Gasteiger partial charge in [0.1, 0.15) is 5.76 Å². The van der Waals surface area contributed by atoms with Crippen LogP contribution in [0.4, 0.5) is 18.9 Å². The van der Waals surface area contributed by atoms with Gasteiger partial charge >= 0.3 is 12.1 Å². The summed E-state index contributed by atoms with van der Waals surface area (Å²) in [6.45, 7) is 0. The third-order valence-corrected chi connectivity index (χ3v) is 4.12. The van der Waals surface area contributed by atoms with Gasteiger partial charge in [-0.2, -0.15) is 13.2 Å². The highest BCUT2D eigenvalue weighted by Gasteiger charge is 2.30. The molecule has 0 spiro atoms. The first kappa shape index (κ1) is 20.7. The second-order valence-electron chi connectivity index (χ2n) is 5.79. The van der Waals surface area contributed by atoms with Crippen molar-refractivity contribution < 1.29 is 22.4 Å². The Kier molecular flexibility index (Phi) is 6.09. The Bertz CT molecular complexity index is 1050. The van der Waals surface area contributed by atoms with Crippen molar-refractivity contribution in [2.75, 3.05) is 5.32 Å². The lowest BCUT2D eigenvalue weighted by molar-refractivity contribution is -0.137. The van der Waals surface area contributed by atoms with Gasteiger partial charge in [-0.05, 0) is 54.7 Å². The number of hydrogen-bond donors (Lipinski definition) is 3. The van der Waals surface area contributed by atoms with E-state index in [0.717, 1.165) is 12.1 Å². The van der Waals surface area contributed by atoms with E-state index in [1.165, 1.54) is 24.3 Å². The topological polar surface area (TPSA) is 66.3 Å². The Morgan fingerprint density at radius 3 is 2.48 bits per heavy atom. The van der Waals surface area contributed by atoms with Crippen LogP contribution in [-0.2, 0) is 6.18 Å². The summed E-state index contributed by atoms with van der Waals surface area (Å²) >= 11 is 10.9. The molecule has 150 valence electrons. The number of carbonyl (C=O) groups is 1. The van der Waals surface area contributed by atoms with E-state index in [1.807, 2.05) is 0 Å². The minimum atomic E-state index is -4.47. The number of amides is 1. The van der Waals surface area contributed by atoms with E-state index in [0.29, 0.717) is 10.7 Å². The normalized spacial score (nSPS) is 11.0. The zero-order chi connectivity index (χ0) is 21.0. The van der Waals surface area contributed by atoms with Crippen LogP contribution in [0.2, 0.25) is 5.02 Å². The number of benzene rings is 2. The van der Waals surface area contributed by atoms with E-state index in [4.69, 9.17) is 28.2 Å². The van der Waals surface area contributed by atoms with Gasteiger partial charge in [-0.15, -0.1) is 0 Å². The molecule has 1 amide bonds. The molecule has 1 aromatic heterocycles. The number of carbonyl (C=O) groups excluding carboxylic acids is 1. The monoisotopic (exact) mass is 439 g/mol. The van der Waals surface area contributed by atoms with Crippen molar-refractivity contribution in [1.29, 1.82) is 0 Å². The standard InChI is InChI=1S/C19H13ClF3N3O2S/c20-13-5-2-6-14(10-13)24-18(29)26-25-17(27)16-8-7-15(28-16)11-3-1-4-12(9-11)19(21,22)23/h1-10H,(H,25,27)(H2,24,26,29). The largest absolute Gasteiger partial charge is 0.451 e. The van der Waals surface area contributed by atoms with Crippen LogP contribution in [0.3, 0.4) is 0 Å². The van der Waals surface area contributed by atoms with E-state index in [-0.39, 0.29) is 22.2 Å². The summed E-state index contributed by atoms with van der Waals surface area (Å²) in [7, 11) is 0. The predicted molar refractivity (Wildman–Crippen MR) is 107 cm³/mol. The van der Waals surface area contributed by atoms with E-state index < -0.39 is 17.6 Å². The second kappa shape index (κ2) is 8.54. The highest BCUT2D eigenvalue weighted by molar-refractivity contribution is 7.80. The molecule has 0 aliphatic carbocycles. The van der Waals surface area contributed by atoms with Gasteiger partial charge in [0.15, 0.2) is 10.9 Å². The summed E-state index contributed by atoms with van der Waals surface area (Å²) in [5, 5.41) is 3.44. The average molecular weight is 440 g/mol. The summed E-state index contributed by atoms with van der Waals surface area (Å²) < 4.78 is 43.9. The Labute approximate surface area is 173 Å². The highest BCUT2D eigenvalue weighted by atomic mass is 35.5. The lowest BCUT2D eigenvalue weighted by Gasteiger charge is -2.11. The lowest BCUT2D eigenvalue weighted by Crippen LogP contribution is -2.43. The quantitative estimate of drug-likeness (QED) is 0.384. The zero-order valence-electron chi connectivity index (χ0n) is 14.5. The Hall–Kier alpha value is -3.04. The van der Waals surface area contributed by atoms with Crippen LogP contribution in [-0.4, -0.2) is 11.0 Å². The average Bonchev–Trinajstić information content (AvgIpc) is 3.16. The van der Waals surface area contributed by atoms with Gasteiger partial charge < -0.3 is 9.73 Å². The molecule has 0 aliphatic heterocycles. The van der Waals surface area contributed by atoms with Crippen molar-refractivity contribution in [1.82, 2.24) is 10.9 Å². The molecule has 3 aromatic rings. The van der Waals surface area contributed by atoms with Crippen LogP contribution >= 0.6 is 23.8 Å². The smallest absolute Gasteiger partial charge is 0.416 e. The van der Waals surface area contributed by atoms with Crippen molar-refractivity contribution >= 4 is 40.5 Å². The Morgan fingerprint density at radius 1 is 1.00 bits per heavy atom. The molecule has 2 aromatic carbocycles. The summed E-state index contributed by atoms with van der Waals surface area (Å²) in [6, 6.07) is 14.2. The number of nitrogens with one attached hydrogen (secondary N) is 3. The molecule has 0 fully saturated rings. The van der Waals surface area contributed by atoms with Gasteiger partial charge in [-0.3, -0.25) is 15.6 Å². The lowest BCUT2D eigenvalue weighted by atomic mass is 10.1. The fraction of sp³-hybridized carbons (Fsp3) is 0.0526. The summed E-state index contributed by atoms with van der Waals surface area (Å²) in [6.07, 6.45) is -4.47. The third kappa shape index (κ3) is 5.49. The summed E-state index contributed by atoms with van der Waals surface area (Å²) in [5.74, 6) is -0.630. The van der Waals surface area contributed by atoms with E-state index in [2.05, 4.69) is 16.2 Å². The van der Waals surface area contributed by atoms with Crippen LogP contribution < -0.4 is 16.2 Å². The number of thiocarbonyl (C=S) groups is 1. The van der Waals surface area contributed by atoms with Gasteiger partial charge in [0.2, 0.25) is 0 Å². The molecule has 0 unspecified atom stereocenters. The fourth-order valence-electron chi connectivity index (χ4n) is 2.37. The Balaban J connectivity index is 1.62. The first-order valence-electron chi connectivity index (χ1n) is 8.13. The molecule has 1 heterocycles. The van der Waals surface area contributed by atoms with E-state index in [9.17, 15) is 18.0 Å².